The zero-order valence-electron chi connectivity index (χ0n) is 15.8. The number of benzene rings is 2. The summed E-state index contributed by atoms with van der Waals surface area (Å²) in [6.07, 6.45) is -4.49. The molecule has 0 spiro atoms. The predicted molar refractivity (Wildman–Crippen MR) is 101 cm³/mol. The molecule has 0 radical (unpaired) electrons. The Labute approximate surface area is 166 Å². The van der Waals surface area contributed by atoms with E-state index >= 15 is 0 Å². The van der Waals surface area contributed by atoms with Gasteiger partial charge in [0.1, 0.15) is 0 Å². The Kier molecular flexibility index (Phi) is 8.02. The Morgan fingerprint density at radius 3 is 2.41 bits per heavy atom. The third kappa shape index (κ3) is 7.46. The summed E-state index contributed by atoms with van der Waals surface area (Å²) >= 11 is 0. The van der Waals surface area contributed by atoms with Gasteiger partial charge in [0.2, 0.25) is 5.91 Å². The lowest BCUT2D eigenvalue weighted by molar-refractivity contribution is -0.137. The second kappa shape index (κ2) is 10.5. The predicted octanol–water partition coefficient (Wildman–Crippen LogP) is 3.01. The molecule has 3 amide bonds. The SMILES string of the molecule is COCC(NC(=O)NCC(=O)NCc1ccccc1)c1cccc(C(F)(F)F)c1. The number of methoxy groups -OCH3 is 1. The number of hydrogen-bond acceptors (Lipinski definition) is 3. The Bertz CT molecular complexity index is 813. The molecule has 0 aromatic heterocycles. The first-order chi connectivity index (χ1) is 13.8. The molecule has 0 aliphatic heterocycles. The minimum atomic E-state index is -4.49. The first-order valence-electron chi connectivity index (χ1n) is 8.80. The van der Waals surface area contributed by atoms with Gasteiger partial charge < -0.3 is 20.7 Å². The molecule has 1 atom stereocenters. The zero-order chi connectivity index (χ0) is 21.3. The maximum atomic E-state index is 12.9. The second-order valence-corrected chi connectivity index (χ2v) is 6.22. The average Bonchev–Trinajstić information content (AvgIpc) is 2.70. The van der Waals surface area contributed by atoms with E-state index in [9.17, 15) is 22.8 Å². The monoisotopic (exact) mass is 409 g/mol. The van der Waals surface area contributed by atoms with Crippen LogP contribution in [0.1, 0.15) is 22.7 Å². The summed E-state index contributed by atoms with van der Waals surface area (Å²) in [5.74, 6) is -0.397. The van der Waals surface area contributed by atoms with Crippen molar-refractivity contribution in [1.82, 2.24) is 16.0 Å². The van der Waals surface area contributed by atoms with Crippen molar-refractivity contribution in [3.05, 3.63) is 71.3 Å². The van der Waals surface area contributed by atoms with Gasteiger partial charge in [-0.25, -0.2) is 4.79 Å². The van der Waals surface area contributed by atoms with Gasteiger partial charge in [-0.15, -0.1) is 0 Å². The van der Waals surface area contributed by atoms with Gasteiger partial charge in [-0.2, -0.15) is 13.2 Å². The van der Waals surface area contributed by atoms with Gasteiger partial charge in [-0.05, 0) is 23.3 Å². The van der Waals surface area contributed by atoms with Crippen molar-refractivity contribution in [2.24, 2.45) is 0 Å². The minimum Gasteiger partial charge on any atom is -0.382 e. The molecule has 156 valence electrons. The summed E-state index contributed by atoms with van der Waals surface area (Å²) in [7, 11) is 1.37. The number of urea groups is 1. The lowest BCUT2D eigenvalue weighted by atomic mass is 10.0. The molecule has 29 heavy (non-hydrogen) atoms. The summed E-state index contributed by atoms with van der Waals surface area (Å²) < 4.78 is 43.7. The van der Waals surface area contributed by atoms with E-state index in [2.05, 4.69) is 16.0 Å². The van der Waals surface area contributed by atoms with Crippen LogP contribution in [0.25, 0.3) is 0 Å². The lowest BCUT2D eigenvalue weighted by Crippen LogP contribution is -2.44. The zero-order valence-corrected chi connectivity index (χ0v) is 15.8. The molecule has 0 aliphatic carbocycles. The number of alkyl halides is 3. The van der Waals surface area contributed by atoms with Crippen LogP contribution >= 0.6 is 0 Å². The molecule has 0 saturated heterocycles. The fourth-order valence-electron chi connectivity index (χ4n) is 2.55. The fourth-order valence-corrected chi connectivity index (χ4v) is 2.55. The van der Waals surface area contributed by atoms with E-state index in [1.54, 1.807) is 0 Å². The van der Waals surface area contributed by atoms with Crippen LogP contribution in [-0.4, -0.2) is 32.2 Å². The Morgan fingerprint density at radius 2 is 1.76 bits per heavy atom. The molecule has 0 aliphatic rings. The summed E-state index contributed by atoms with van der Waals surface area (Å²) in [4.78, 5) is 23.9. The number of nitrogens with one attached hydrogen (secondary N) is 3. The molecule has 2 aromatic carbocycles. The van der Waals surface area contributed by atoms with Crippen molar-refractivity contribution in [2.75, 3.05) is 20.3 Å². The molecule has 2 rings (SSSR count). The average molecular weight is 409 g/mol. The molecule has 3 N–H and O–H groups in total. The smallest absolute Gasteiger partial charge is 0.382 e. The highest BCUT2D eigenvalue weighted by molar-refractivity contribution is 5.84. The van der Waals surface area contributed by atoms with E-state index in [4.69, 9.17) is 4.74 Å². The summed E-state index contributed by atoms with van der Waals surface area (Å²) in [5.41, 5.74) is 0.332. The minimum absolute atomic E-state index is 0.0328. The van der Waals surface area contributed by atoms with Crippen molar-refractivity contribution in [3.63, 3.8) is 0 Å². The quantitative estimate of drug-likeness (QED) is 0.627. The molecule has 0 saturated carbocycles. The molecular formula is C20H22F3N3O3. The molecule has 6 nitrogen and oxygen atoms in total. The van der Waals surface area contributed by atoms with Gasteiger partial charge in [0.05, 0.1) is 24.8 Å². The summed E-state index contributed by atoms with van der Waals surface area (Å²) in [6, 6.07) is 12.4. The number of hydrogen-bond donors (Lipinski definition) is 3. The van der Waals surface area contributed by atoms with E-state index < -0.39 is 29.7 Å². The lowest BCUT2D eigenvalue weighted by Gasteiger charge is -2.20. The number of halogens is 3. The highest BCUT2D eigenvalue weighted by Gasteiger charge is 2.31. The summed E-state index contributed by atoms with van der Waals surface area (Å²) in [6.45, 7) is 0.00933. The highest BCUT2D eigenvalue weighted by atomic mass is 19.4. The molecule has 0 fully saturated rings. The van der Waals surface area contributed by atoms with Crippen LogP contribution in [0.3, 0.4) is 0 Å². The first kappa shape index (κ1) is 22.2. The second-order valence-electron chi connectivity index (χ2n) is 6.22. The molecule has 0 bridgehead atoms. The van der Waals surface area contributed by atoms with Crippen LogP contribution in [-0.2, 0) is 22.3 Å². The Hall–Kier alpha value is -3.07. The van der Waals surface area contributed by atoms with Crippen molar-refractivity contribution in [2.45, 2.75) is 18.8 Å². The van der Waals surface area contributed by atoms with Crippen LogP contribution in [0, 0.1) is 0 Å². The third-order valence-electron chi connectivity index (χ3n) is 4.00. The van der Waals surface area contributed by atoms with Gasteiger partial charge in [0.15, 0.2) is 0 Å². The van der Waals surface area contributed by atoms with Crippen molar-refractivity contribution < 1.29 is 27.5 Å². The third-order valence-corrected chi connectivity index (χ3v) is 4.00. The van der Waals surface area contributed by atoms with Crippen LogP contribution in [0.4, 0.5) is 18.0 Å². The van der Waals surface area contributed by atoms with Crippen LogP contribution in [0.2, 0.25) is 0 Å². The van der Waals surface area contributed by atoms with E-state index in [1.807, 2.05) is 30.3 Å². The maximum absolute atomic E-state index is 12.9. The van der Waals surface area contributed by atoms with Gasteiger partial charge in [0, 0.05) is 13.7 Å². The molecular weight excluding hydrogens is 387 g/mol. The number of carbonyl (C=O) groups is 2. The molecule has 9 heteroatoms. The number of carbonyl (C=O) groups excluding carboxylic acids is 2. The molecule has 0 heterocycles. The van der Waals surface area contributed by atoms with E-state index in [0.29, 0.717) is 6.54 Å². The van der Waals surface area contributed by atoms with Crippen LogP contribution in [0.15, 0.2) is 54.6 Å². The largest absolute Gasteiger partial charge is 0.416 e. The fraction of sp³-hybridized carbons (Fsp3) is 0.300. The standard InChI is InChI=1S/C20H22F3N3O3/c1-29-13-17(15-8-5-9-16(10-15)20(21,22)23)26-19(28)25-12-18(27)24-11-14-6-3-2-4-7-14/h2-10,17H,11-13H2,1H3,(H,24,27)(H2,25,26,28). The van der Waals surface area contributed by atoms with Crippen LogP contribution in [0.5, 0.6) is 0 Å². The van der Waals surface area contributed by atoms with Crippen molar-refractivity contribution in [3.8, 4) is 0 Å². The number of rotatable bonds is 8. The van der Waals surface area contributed by atoms with E-state index in [-0.39, 0.29) is 18.7 Å². The van der Waals surface area contributed by atoms with Gasteiger partial charge in [-0.3, -0.25) is 4.79 Å². The van der Waals surface area contributed by atoms with E-state index in [0.717, 1.165) is 17.7 Å². The first-order valence-corrected chi connectivity index (χ1v) is 8.80. The number of amides is 3. The molecule has 2 aromatic rings. The van der Waals surface area contributed by atoms with Crippen molar-refractivity contribution >= 4 is 11.9 Å². The van der Waals surface area contributed by atoms with Crippen LogP contribution < -0.4 is 16.0 Å². The highest BCUT2D eigenvalue weighted by Crippen LogP contribution is 2.30. The van der Waals surface area contributed by atoms with E-state index in [1.165, 1.54) is 19.2 Å². The summed E-state index contributed by atoms with van der Waals surface area (Å²) in [5, 5.41) is 7.56. The van der Waals surface area contributed by atoms with Gasteiger partial charge in [0.25, 0.3) is 0 Å². The van der Waals surface area contributed by atoms with Crippen molar-refractivity contribution in [1.29, 1.82) is 0 Å². The van der Waals surface area contributed by atoms with Gasteiger partial charge >= 0.3 is 12.2 Å². The Morgan fingerprint density at radius 1 is 1.03 bits per heavy atom. The molecule has 1 unspecified atom stereocenters. The normalized spacial score (nSPS) is 12.1. The van der Waals surface area contributed by atoms with Gasteiger partial charge in [-0.1, -0.05) is 42.5 Å². The topological polar surface area (TPSA) is 79.5 Å². The Balaban J connectivity index is 1.88. The maximum Gasteiger partial charge on any atom is 0.416 e. The number of ether oxygens (including phenoxy) is 1.